The molecule has 0 aliphatic rings. The molecule has 2 heteroatoms. The van der Waals surface area contributed by atoms with E-state index in [4.69, 9.17) is 4.74 Å². The molecule has 0 radical (unpaired) electrons. The van der Waals surface area contributed by atoms with Gasteiger partial charge >= 0.3 is 0 Å². The summed E-state index contributed by atoms with van der Waals surface area (Å²) in [6.45, 7) is 3.87. The van der Waals surface area contributed by atoms with Gasteiger partial charge in [0, 0.05) is 7.11 Å². The van der Waals surface area contributed by atoms with Crippen LogP contribution in [0.2, 0.25) is 0 Å². The van der Waals surface area contributed by atoms with E-state index in [1.54, 1.807) is 7.11 Å². The van der Waals surface area contributed by atoms with E-state index in [1.807, 2.05) is 13.8 Å². The smallest absolute Gasteiger partial charge is 0.122 e. The molecular formula is C7H11BrO. The Balaban J connectivity index is 3.84. The Morgan fingerprint density at radius 2 is 2.11 bits per heavy atom. The Kier molecular flexibility index (Phi) is 3.92. The lowest BCUT2D eigenvalue weighted by atomic mass is 10.1. The minimum absolute atomic E-state index is 0.298. The summed E-state index contributed by atoms with van der Waals surface area (Å²) in [5.74, 6) is 5.82. The summed E-state index contributed by atoms with van der Waals surface area (Å²) < 4.78 is 5.05. The summed E-state index contributed by atoms with van der Waals surface area (Å²) in [5, 5.41) is 0.708. The van der Waals surface area contributed by atoms with Crippen LogP contribution in [0.15, 0.2) is 0 Å². The highest BCUT2D eigenvalue weighted by Gasteiger charge is 2.09. The van der Waals surface area contributed by atoms with Gasteiger partial charge in [-0.05, 0) is 13.8 Å². The highest BCUT2D eigenvalue weighted by Crippen LogP contribution is 2.03. The third-order valence-corrected chi connectivity index (χ3v) is 1.25. The number of rotatable bonds is 1. The van der Waals surface area contributed by atoms with E-state index in [-0.39, 0.29) is 5.60 Å². The second-order valence-electron chi connectivity index (χ2n) is 2.15. The topological polar surface area (TPSA) is 9.23 Å². The Bertz CT molecular complexity index is 130. The number of alkyl halides is 1. The van der Waals surface area contributed by atoms with E-state index in [2.05, 4.69) is 27.8 Å². The van der Waals surface area contributed by atoms with E-state index >= 15 is 0 Å². The standard InChI is InChI=1S/C7H11BrO/c1-7(2,9-3)5-4-6-8/h6H2,1-3H3. The van der Waals surface area contributed by atoms with Gasteiger partial charge in [-0.1, -0.05) is 27.8 Å². The number of ether oxygens (including phenoxy) is 1. The van der Waals surface area contributed by atoms with Crippen LogP contribution >= 0.6 is 15.9 Å². The van der Waals surface area contributed by atoms with Gasteiger partial charge in [-0.3, -0.25) is 0 Å². The average Bonchev–Trinajstić information content (AvgIpc) is 1.84. The van der Waals surface area contributed by atoms with E-state index in [0.29, 0.717) is 5.33 Å². The fraction of sp³-hybridized carbons (Fsp3) is 0.714. The molecule has 0 bridgehead atoms. The van der Waals surface area contributed by atoms with Crippen molar-refractivity contribution in [1.82, 2.24) is 0 Å². The highest BCUT2D eigenvalue weighted by molar-refractivity contribution is 9.09. The Labute approximate surface area is 64.9 Å². The molecule has 0 spiro atoms. The number of halogens is 1. The molecule has 0 saturated heterocycles. The first-order valence-electron chi connectivity index (χ1n) is 2.73. The first-order chi connectivity index (χ1) is 4.12. The number of hydrogen-bond acceptors (Lipinski definition) is 1. The van der Waals surface area contributed by atoms with Crippen molar-refractivity contribution < 1.29 is 4.74 Å². The van der Waals surface area contributed by atoms with Crippen molar-refractivity contribution >= 4 is 15.9 Å². The van der Waals surface area contributed by atoms with Gasteiger partial charge in [0.1, 0.15) is 5.60 Å². The molecule has 0 unspecified atom stereocenters. The van der Waals surface area contributed by atoms with Gasteiger partial charge in [0.2, 0.25) is 0 Å². The number of hydrogen-bond donors (Lipinski definition) is 0. The summed E-state index contributed by atoms with van der Waals surface area (Å²) in [5.41, 5.74) is -0.298. The lowest BCUT2D eigenvalue weighted by Crippen LogP contribution is -2.19. The summed E-state index contributed by atoms with van der Waals surface area (Å²) in [7, 11) is 1.66. The summed E-state index contributed by atoms with van der Waals surface area (Å²) in [6, 6.07) is 0. The number of methoxy groups -OCH3 is 1. The average molecular weight is 191 g/mol. The summed E-state index contributed by atoms with van der Waals surface area (Å²) in [6.07, 6.45) is 0. The molecule has 0 N–H and O–H groups in total. The zero-order valence-corrected chi connectivity index (χ0v) is 7.58. The van der Waals surface area contributed by atoms with Crippen LogP contribution in [0, 0.1) is 11.8 Å². The van der Waals surface area contributed by atoms with Crippen molar-refractivity contribution in [2.45, 2.75) is 19.4 Å². The maximum atomic E-state index is 5.05. The van der Waals surface area contributed by atoms with Gasteiger partial charge in [0.05, 0.1) is 5.33 Å². The molecule has 0 saturated carbocycles. The highest BCUT2D eigenvalue weighted by atomic mass is 79.9. The Morgan fingerprint density at radius 1 is 1.56 bits per heavy atom. The molecule has 0 amide bonds. The largest absolute Gasteiger partial charge is 0.366 e. The van der Waals surface area contributed by atoms with E-state index < -0.39 is 0 Å². The first kappa shape index (κ1) is 9.00. The van der Waals surface area contributed by atoms with Crippen molar-refractivity contribution in [2.75, 3.05) is 12.4 Å². The monoisotopic (exact) mass is 190 g/mol. The second kappa shape index (κ2) is 3.92. The Morgan fingerprint density at radius 3 is 2.44 bits per heavy atom. The quantitative estimate of drug-likeness (QED) is 0.453. The molecule has 52 valence electrons. The summed E-state index contributed by atoms with van der Waals surface area (Å²) >= 11 is 3.20. The minimum atomic E-state index is -0.298. The van der Waals surface area contributed by atoms with Crippen LogP contribution in [-0.2, 0) is 4.74 Å². The molecule has 0 aliphatic heterocycles. The van der Waals surface area contributed by atoms with Gasteiger partial charge in [-0.15, -0.1) is 0 Å². The third-order valence-electron chi connectivity index (χ3n) is 0.967. The van der Waals surface area contributed by atoms with E-state index in [0.717, 1.165) is 0 Å². The Hall–Kier alpha value is 0. The predicted octanol–water partition coefficient (Wildman–Crippen LogP) is 1.81. The van der Waals surface area contributed by atoms with Crippen LogP contribution in [-0.4, -0.2) is 18.0 Å². The molecule has 0 aromatic rings. The van der Waals surface area contributed by atoms with Crippen molar-refractivity contribution in [3.8, 4) is 11.8 Å². The van der Waals surface area contributed by atoms with Gasteiger partial charge in [0.25, 0.3) is 0 Å². The van der Waals surface area contributed by atoms with Gasteiger partial charge in [-0.25, -0.2) is 0 Å². The van der Waals surface area contributed by atoms with Crippen LogP contribution in [0.3, 0.4) is 0 Å². The van der Waals surface area contributed by atoms with E-state index in [9.17, 15) is 0 Å². The van der Waals surface area contributed by atoms with Crippen LogP contribution in [0.4, 0.5) is 0 Å². The zero-order chi connectivity index (χ0) is 7.33. The summed E-state index contributed by atoms with van der Waals surface area (Å²) in [4.78, 5) is 0. The molecule has 9 heavy (non-hydrogen) atoms. The molecule has 0 aromatic carbocycles. The maximum Gasteiger partial charge on any atom is 0.122 e. The molecule has 0 fully saturated rings. The third kappa shape index (κ3) is 4.50. The van der Waals surface area contributed by atoms with Gasteiger partial charge in [-0.2, -0.15) is 0 Å². The van der Waals surface area contributed by atoms with Crippen molar-refractivity contribution in [2.24, 2.45) is 0 Å². The first-order valence-corrected chi connectivity index (χ1v) is 3.85. The van der Waals surface area contributed by atoms with Gasteiger partial charge < -0.3 is 4.74 Å². The molecule has 0 aliphatic carbocycles. The normalized spacial score (nSPS) is 10.2. The maximum absolute atomic E-state index is 5.05. The minimum Gasteiger partial charge on any atom is -0.366 e. The second-order valence-corrected chi connectivity index (χ2v) is 2.71. The molecular weight excluding hydrogens is 180 g/mol. The van der Waals surface area contributed by atoms with Crippen molar-refractivity contribution in [1.29, 1.82) is 0 Å². The molecule has 0 heterocycles. The van der Waals surface area contributed by atoms with Crippen molar-refractivity contribution in [3.05, 3.63) is 0 Å². The fourth-order valence-corrected chi connectivity index (χ4v) is 0.437. The van der Waals surface area contributed by atoms with E-state index in [1.165, 1.54) is 0 Å². The van der Waals surface area contributed by atoms with Crippen LogP contribution in [0.5, 0.6) is 0 Å². The predicted molar refractivity (Wildman–Crippen MR) is 42.7 cm³/mol. The SMILES string of the molecule is COC(C)(C)C#CCBr. The fourth-order valence-electron chi connectivity index (χ4n) is 0.297. The van der Waals surface area contributed by atoms with Crippen molar-refractivity contribution in [3.63, 3.8) is 0 Å². The lowest BCUT2D eigenvalue weighted by Gasteiger charge is -2.13. The van der Waals surface area contributed by atoms with Gasteiger partial charge in [0.15, 0.2) is 0 Å². The van der Waals surface area contributed by atoms with Crippen LogP contribution < -0.4 is 0 Å². The molecule has 0 atom stereocenters. The van der Waals surface area contributed by atoms with Crippen LogP contribution in [0.25, 0.3) is 0 Å². The van der Waals surface area contributed by atoms with Crippen LogP contribution in [0.1, 0.15) is 13.8 Å². The zero-order valence-electron chi connectivity index (χ0n) is 5.99. The lowest BCUT2D eigenvalue weighted by molar-refractivity contribution is 0.0741. The molecule has 1 nitrogen and oxygen atoms in total. The molecule has 0 rings (SSSR count). The molecule has 0 aromatic heterocycles.